The Kier molecular flexibility index (Phi) is 6.12. The first-order valence-electron chi connectivity index (χ1n) is 10.1. The first-order valence-corrected chi connectivity index (χ1v) is 10.1. The second-order valence-electron chi connectivity index (χ2n) is 8.33. The second-order valence-corrected chi connectivity index (χ2v) is 8.33. The Morgan fingerprint density at radius 3 is 1.80 bits per heavy atom. The van der Waals surface area contributed by atoms with Gasteiger partial charge in [0.05, 0.1) is 6.42 Å². The molecule has 3 rings (SSSR count). The maximum Gasteiger partial charge on any atom is 0.393 e. The first-order chi connectivity index (χ1) is 11.9. The van der Waals surface area contributed by atoms with Gasteiger partial charge in [-0.25, -0.2) is 0 Å². The van der Waals surface area contributed by atoms with E-state index in [2.05, 4.69) is 6.92 Å². The Morgan fingerprint density at radius 1 is 0.800 bits per heavy atom. The molecule has 0 N–H and O–H groups in total. The van der Waals surface area contributed by atoms with E-state index in [0.717, 1.165) is 17.8 Å². The molecule has 0 atom stereocenters. The third kappa shape index (κ3) is 5.24. The van der Waals surface area contributed by atoms with E-state index in [9.17, 15) is 13.2 Å². The topological polar surface area (TPSA) is 0 Å². The normalized spacial score (nSPS) is 31.0. The predicted molar refractivity (Wildman–Crippen MR) is 96.6 cm³/mol. The molecule has 2 aliphatic carbocycles. The lowest BCUT2D eigenvalue weighted by Crippen LogP contribution is -2.25. The average Bonchev–Trinajstić information content (AvgIpc) is 2.61. The van der Waals surface area contributed by atoms with Crippen LogP contribution in [0.2, 0.25) is 0 Å². The summed E-state index contributed by atoms with van der Waals surface area (Å²) in [5, 5.41) is 0. The van der Waals surface area contributed by atoms with Gasteiger partial charge in [-0.15, -0.1) is 0 Å². The van der Waals surface area contributed by atoms with E-state index in [1.54, 1.807) is 12.1 Å². The maximum absolute atomic E-state index is 12.5. The van der Waals surface area contributed by atoms with Crippen LogP contribution in [0.15, 0.2) is 24.3 Å². The van der Waals surface area contributed by atoms with Gasteiger partial charge in [0.2, 0.25) is 0 Å². The van der Waals surface area contributed by atoms with E-state index in [1.807, 2.05) is 12.1 Å². The Morgan fingerprint density at radius 2 is 1.32 bits per heavy atom. The molecule has 0 radical (unpaired) electrons. The summed E-state index contributed by atoms with van der Waals surface area (Å²) >= 11 is 0. The van der Waals surface area contributed by atoms with Crippen LogP contribution >= 0.6 is 0 Å². The van der Waals surface area contributed by atoms with E-state index in [4.69, 9.17) is 0 Å². The summed E-state index contributed by atoms with van der Waals surface area (Å²) in [7, 11) is 0. The van der Waals surface area contributed by atoms with Gasteiger partial charge in [0.1, 0.15) is 0 Å². The summed E-state index contributed by atoms with van der Waals surface area (Å²) in [5.41, 5.74) is 1.61. The van der Waals surface area contributed by atoms with Crippen LogP contribution in [0.3, 0.4) is 0 Å². The fraction of sp³-hybridized carbons (Fsp3) is 0.727. The summed E-state index contributed by atoms with van der Waals surface area (Å²) in [5.74, 6) is 3.32. The average molecular weight is 352 g/mol. The molecular formula is C22H31F3. The zero-order chi connectivity index (χ0) is 17.9. The monoisotopic (exact) mass is 352 g/mol. The maximum atomic E-state index is 12.5. The van der Waals surface area contributed by atoms with Gasteiger partial charge in [0, 0.05) is 0 Å². The van der Waals surface area contributed by atoms with Crippen molar-refractivity contribution in [3.63, 3.8) is 0 Å². The molecule has 0 unspecified atom stereocenters. The van der Waals surface area contributed by atoms with Crippen LogP contribution in [0.5, 0.6) is 0 Å². The van der Waals surface area contributed by atoms with Crippen molar-refractivity contribution >= 4 is 0 Å². The Hall–Kier alpha value is -0.990. The molecule has 0 nitrogen and oxygen atoms in total. The number of hydrogen-bond donors (Lipinski definition) is 0. The number of benzene rings is 1. The number of alkyl halides is 3. The minimum atomic E-state index is -4.11. The van der Waals surface area contributed by atoms with Crippen LogP contribution in [-0.2, 0) is 6.42 Å². The molecule has 3 heteroatoms. The Balaban J connectivity index is 1.49. The summed E-state index contributed by atoms with van der Waals surface area (Å²) in [6.07, 6.45) is 7.09. The molecule has 0 bridgehead atoms. The number of hydrogen-bond acceptors (Lipinski definition) is 0. The molecular weight excluding hydrogens is 321 g/mol. The molecule has 2 aliphatic rings. The van der Waals surface area contributed by atoms with Gasteiger partial charge in [0.15, 0.2) is 0 Å². The highest BCUT2D eigenvalue weighted by Crippen LogP contribution is 2.44. The summed E-state index contributed by atoms with van der Waals surface area (Å²) in [4.78, 5) is 0. The first kappa shape index (κ1) is 18.8. The summed E-state index contributed by atoms with van der Waals surface area (Å²) in [6, 6.07) is 7.19. The van der Waals surface area contributed by atoms with Gasteiger partial charge in [-0.3, -0.25) is 0 Å². The predicted octanol–water partition coefficient (Wildman–Crippen LogP) is 7.28. The molecule has 0 amide bonds. The summed E-state index contributed by atoms with van der Waals surface area (Å²) in [6.45, 7) is 2.32. The van der Waals surface area contributed by atoms with Crippen molar-refractivity contribution in [2.24, 2.45) is 17.8 Å². The highest BCUT2D eigenvalue weighted by molar-refractivity contribution is 5.26. The van der Waals surface area contributed by atoms with Crippen molar-refractivity contribution in [2.75, 3.05) is 0 Å². The van der Waals surface area contributed by atoms with E-state index >= 15 is 0 Å². The third-order valence-corrected chi connectivity index (χ3v) is 6.76. The van der Waals surface area contributed by atoms with Gasteiger partial charge in [0.25, 0.3) is 0 Å². The van der Waals surface area contributed by atoms with Crippen LogP contribution in [0, 0.1) is 17.8 Å². The standard InChI is InChI=1S/C22H31F3/c1-2-16-3-7-18(8-4-16)20-11-13-21(14-12-20)19-9-5-17(6-10-19)15-22(23,24)25/h5-6,9-10,16,18,20-21H,2-4,7-8,11-15H2,1H3/t16-,18-,20-,21-. The molecule has 1 aromatic rings. The van der Waals surface area contributed by atoms with Crippen LogP contribution in [0.1, 0.15) is 81.8 Å². The molecule has 0 aliphatic heterocycles. The zero-order valence-corrected chi connectivity index (χ0v) is 15.3. The molecule has 0 aromatic heterocycles. The Labute approximate surface area is 150 Å². The van der Waals surface area contributed by atoms with Gasteiger partial charge in [-0.2, -0.15) is 13.2 Å². The largest absolute Gasteiger partial charge is 0.393 e. The van der Waals surface area contributed by atoms with Crippen molar-refractivity contribution in [1.82, 2.24) is 0 Å². The molecule has 0 saturated heterocycles. The molecule has 2 fully saturated rings. The van der Waals surface area contributed by atoms with Crippen LogP contribution in [0.25, 0.3) is 0 Å². The zero-order valence-electron chi connectivity index (χ0n) is 15.3. The lowest BCUT2D eigenvalue weighted by Gasteiger charge is -2.38. The highest BCUT2D eigenvalue weighted by Gasteiger charge is 2.31. The van der Waals surface area contributed by atoms with Crippen molar-refractivity contribution in [3.8, 4) is 0 Å². The molecule has 0 heterocycles. The van der Waals surface area contributed by atoms with Crippen molar-refractivity contribution in [1.29, 1.82) is 0 Å². The molecule has 25 heavy (non-hydrogen) atoms. The minimum Gasteiger partial charge on any atom is -0.171 e. The summed E-state index contributed by atoms with van der Waals surface area (Å²) < 4.78 is 37.4. The van der Waals surface area contributed by atoms with Gasteiger partial charge in [-0.1, -0.05) is 50.5 Å². The number of halogens is 3. The quantitative estimate of drug-likeness (QED) is 0.534. The fourth-order valence-corrected chi connectivity index (χ4v) is 5.13. The molecule has 140 valence electrons. The van der Waals surface area contributed by atoms with Crippen molar-refractivity contribution in [2.45, 2.75) is 83.2 Å². The van der Waals surface area contributed by atoms with E-state index in [-0.39, 0.29) is 0 Å². The van der Waals surface area contributed by atoms with E-state index < -0.39 is 12.6 Å². The minimum absolute atomic E-state index is 0.373. The second kappa shape index (κ2) is 8.14. The molecule has 1 aromatic carbocycles. The van der Waals surface area contributed by atoms with Gasteiger partial charge < -0.3 is 0 Å². The number of rotatable bonds is 4. The molecule has 0 spiro atoms. The van der Waals surface area contributed by atoms with Crippen LogP contribution < -0.4 is 0 Å². The molecule has 2 saturated carbocycles. The SMILES string of the molecule is CC[C@H]1CC[C@H]([C@H]2CC[C@H](c3ccc(CC(F)(F)F)cc3)CC2)CC1. The lowest BCUT2D eigenvalue weighted by molar-refractivity contribution is -0.127. The van der Waals surface area contributed by atoms with E-state index in [0.29, 0.717) is 11.5 Å². The fourth-order valence-electron chi connectivity index (χ4n) is 5.13. The third-order valence-electron chi connectivity index (χ3n) is 6.76. The van der Waals surface area contributed by atoms with Crippen molar-refractivity contribution in [3.05, 3.63) is 35.4 Å². The smallest absolute Gasteiger partial charge is 0.171 e. The van der Waals surface area contributed by atoms with Gasteiger partial charge in [-0.05, 0) is 73.3 Å². The van der Waals surface area contributed by atoms with Crippen LogP contribution in [0.4, 0.5) is 13.2 Å². The Bertz CT molecular complexity index is 515. The van der Waals surface area contributed by atoms with Crippen LogP contribution in [-0.4, -0.2) is 6.18 Å². The van der Waals surface area contributed by atoms with E-state index in [1.165, 1.54) is 63.4 Å². The van der Waals surface area contributed by atoms with Crippen molar-refractivity contribution < 1.29 is 13.2 Å². The highest BCUT2D eigenvalue weighted by atomic mass is 19.4. The lowest BCUT2D eigenvalue weighted by atomic mass is 9.68. The van der Waals surface area contributed by atoms with Gasteiger partial charge >= 0.3 is 6.18 Å².